The van der Waals surface area contributed by atoms with Crippen molar-refractivity contribution >= 4 is 5.96 Å². The minimum absolute atomic E-state index is 0.593. The largest absolute Gasteiger partial charge is 0.357 e. The summed E-state index contributed by atoms with van der Waals surface area (Å²) in [6.07, 6.45) is 9.30. The Balaban J connectivity index is 1.47. The van der Waals surface area contributed by atoms with E-state index in [1.54, 1.807) is 6.20 Å². The maximum atomic E-state index is 4.91. The number of likely N-dealkylation sites (tertiary alicyclic amines) is 1. The molecule has 0 amide bonds. The molecule has 1 saturated carbocycles. The van der Waals surface area contributed by atoms with E-state index >= 15 is 0 Å². The Morgan fingerprint density at radius 1 is 1.28 bits per heavy atom. The van der Waals surface area contributed by atoms with E-state index in [4.69, 9.17) is 4.99 Å². The molecule has 132 valence electrons. The maximum absolute atomic E-state index is 4.91. The number of aromatic nitrogens is 2. The first kappa shape index (κ1) is 16.2. The zero-order valence-corrected chi connectivity index (χ0v) is 15.0. The van der Waals surface area contributed by atoms with Gasteiger partial charge in [0, 0.05) is 32.0 Å². The Kier molecular flexibility index (Phi) is 4.47. The lowest BCUT2D eigenvalue weighted by atomic mass is 9.68. The molecule has 0 bridgehead atoms. The van der Waals surface area contributed by atoms with Gasteiger partial charge in [-0.2, -0.15) is 5.10 Å². The van der Waals surface area contributed by atoms with E-state index in [1.807, 2.05) is 16.9 Å². The van der Waals surface area contributed by atoms with Crippen LogP contribution in [0.1, 0.15) is 38.2 Å². The second kappa shape index (κ2) is 6.90. The Hall–Kier alpha value is -2.30. The molecule has 1 aromatic carbocycles. The topological polar surface area (TPSA) is 45.5 Å². The van der Waals surface area contributed by atoms with E-state index in [1.165, 1.54) is 37.8 Å². The van der Waals surface area contributed by atoms with Gasteiger partial charge < -0.3 is 10.2 Å². The van der Waals surface area contributed by atoms with Crippen LogP contribution >= 0.6 is 0 Å². The van der Waals surface area contributed by atoms with Gasteiger partial charge in [-0.3, -0.25) is 0 Å². The van der Waals surface area contributed by atoms with Crippen molar-refractivity contribution in [1.29, 1.82) is 0 Å². The summed E-state index contributed by atoms with van der Waals surface area (Å²) in [6.45, 7) is 6.06. The number of nitrogens with zero attached hydrogens (tertiary/aromatic N) is 4. The predicted octanol–water partition coefficient (Wildman–Crippen LogP) is 3.21. The summed E-state index contributed by atoms with van der Waals surface area (Å²) in [6, 6.07) is 10.4. The first-order valence-corrected chi connectivity index (χ1v) is 9.40. The highest BCUT2D eigenvalue weighted by Crippen LogP contribution is 2.47. The summed E-state index contributed by atoms with van der Waals surface area (Å²) in [5, 5.41) is 7.79. The average Bonchev–Trinajstić information content (AvgIpc) is 3.28. The average molecular weight is 337 g/mol. The van der Waals surface area contributed by atoms with Crippen molar-refractivity contribution in [1.82, 2.24) is 20.0 Å². The molecule has 1 aliphatic carbocycles. The zero-order chi connectivity index (χ0) is 17.1. The molecule has 2 fully saturated rings. The molecule has 0 atom stereocenters. The lowest BCUT2D eigenvalue weighted by molar-refractivity contribution is 0.151. The second-order valence-corrected chi connectivity index (χ2v) is 7.32. The van der Waals surface area contributed by atoms with Gasteiger partial charge in [-0.1, -0.05) is 18.6 Å². The molecule has 2 heterocycles. The van der Waals surface area contributed by atoms with E-state index in [0.29, 0.717) is 12.0 Å². The molecule has 1 aliphatic heterocycles. The third-order valence-electron chi connectivity index (χ3n) is 5.58. The highest BCUT2D eigenvalue weighted by Gasteiger charge is 2.43. The maximum Gasteiger partial charge on any atom is 0.194 e. The van der Waals surface area contributed by atoms with Gasteiger partial charge in [0.15, 0.2) is 5.96 Å². The first-order chi connectivity index (χ1) is 12.3. The Labute approximate surface area is 149 Å². The molecule has 2 aliphatic rings. The van der Waals surface area contributed by atoms with Crippen LogP contribution in [0.4, 0.5) is 0 Å². The molecule has 1 N–H and O–H groups in total. The molecular formula is C20H27N5. The van der Waals surface area contributed by atoms with Crippen molar-refractivity contribution in [2.75, 3.05) is 19.6 Å². The Morgan fingerprint density at radius 3 is 2.88 bits per heavy atom. The van der Waals surface area contributed by atoms with Crippen LogP contribution in [0.15, 0.2) is 47.7 Å². The van der Waals surface area contributed by atoms with Gasteiger partial charge in [0.05, 0.1) is 12.2 Å². The summed E-state index contributed by atoms with van der Waals surface area (Å²) in [4.78, 5) is 7.37. The number of hydrogen-bond acceptors (Lipinski definition) is 2. The SMILES string of the molecule is CCNC(=NCc1cccc(-n2cccn2)c1)N1CCC2(CCC2)C1. The van der Waals surface area contributed by atoms with Gasteiger partial charge in [-0.05, 0) is 55.4 Å². The lowest BCUT2D eigenvalue weighted by Gasteiger charge is -2.38. The fourth-order valence-corrected chi connectivity index (χ4v) is 4.01. The van der Waals surface area contributed by atoms with Gasteiger partial charge in [-0.15, -0.1) is 0 Å². The molecule has 5 heteroatoms. The summed E-state index contributed by atoms with van der Waals surface area (Å²) in [7, 11) is 0. The molecule has 5 nitrogen and oxygen atoms in total. The lowest BCUT2D eigenvalue weighted by Crippen LogP contribution is -2.42. The van der Waals surface area contributed by atoms with E-state index < -0.39 is 0 Å². The van der Waals surface area contributed by atoms with Crippen molar-refractivity contribution in [2.24, 2.45) is 10.4 Å². The van der Waals surface area contributed by atoms with E-state index in [-0.39, 0.29) is 0 Å². The zero-order valence-electron chi connectivity index (χ0n) is 15.0. The third-order valence-corrected chi connectivity index (χ3v) is 5.58. The fraction of sp³-hybridized carbons (Fsp3) is 0.500. The first-order valence-electron chi connectivity index (χ1n) is 9.40. The number of benzene rings is 1. The van der Waals surface area contributed by atoms with Crippen LogP contribution in [-0.2, 0) is 6.54 Å². The van der Waals surface area contributed by atoms with Crippen LogP contribution < -0.4 is 5.32 Å². The molecule has 1 saturated heterocycles. The predicted molar refractivity (Wildman–Crippen MR) is 101 cm³/mol. The van der Waals surface area contributed by atoms with Gasteiger partial charge >= 0.3 is 0 Å². The van der Waals surface area contributed by atoms with Crippen LogP contribution in [-0.4, -0.2) is 40.3 Å². The van der Waals surface area contributed by atoms with E-state index in [2.05, 4.69) is 46.5 Å². The quantitative estimate of drug-likeness (QED) is 0.688. The minimum Gasteiger partial charge on any atom is -0.357 e. The van der Waals surface area contributed by atoms with Crippen LogP contribution in [0.25, 0.3) is 5.69 Å². The fourth-order valence-electron chi connectivity index (χ4n) is 4.01. The summed E-state index contributed by atoms with van der Waals surface area (Å²) in [5.41, 5.74) is 2.88. The van der Waals surface area contributed by atoms with E-state index in [9.17, 15) is 0 Å². The van der Waals surface area contributed by atoms with E-state index in [0.717, 1.165) is 24.7 Å². The van der Waals surface area contributed by atoms with Crippen molar-refractivity contribution in [3.8, 4) is 5.69 Å². The summed E-state index contributed by atoms with van der Waals surface area (Å²) < 4.78 is 1.89. The minimum atomic E-state index is 0.593. The van der Waals surface area contributed by atoms with Gasteiger partial charge in [0.1, 0.15) is 0 Å². The smallest absolute Gasteiger partial charge is 0.194 e. The van der Waals surface area contributed by atoms with Crippen molar-refractivity contribution in [2.45, 2.75) is 39.2 Å². The Morgan fingerprint density at radius 2 is 2.20 bits per heavy atom. The van der Waals surface area contributed by atoms with Crippen LogP contribution in [0.5, 0.6) is 0 Å². The third kappa shape index (κ3) is 3.41. The second-order valence-electron chi connectivity index (χ2n) is 7.32. The molecule has 25 heavy (non-hydrogen) atoms. The molecule has 1 aromatic heterocycles. The molecule has 1 spiro atoms. The van der Waals surface area contributed by atoms with Gasteiger partial charge in [0.25, 0.3) is 0 Å². The monoisotopic (exact) mass is 337 g/mol. The highest BCUT2D eigenvalue weighted by atomic mass is 15.3. The highest BCUT2D eigenvalue weighted by molar-refractivity contribution is 5.80. The molecule has 0 radical (unpaired) electrons. The van der Waals surface area contributed by atoms with Crippen LogP contribution in [0.2, 0.25) is 0 Å². The Bertz CT molecular complexity index is 730. The van der Waals surface area contributed by atoms with Gasteiger partial charge in [-0.25, -0.2) is 9.67 Å². The normalized spacial score (nSPS) is 19.2. The number of guanidine groups is 1. The van der Waals surface area contributed by atoms with Crippen molar-refractivity contribution in [3.63, 3.8) is 0 Å². The molecule has 2 aromatic rings. The molecule has 4 rings (SSSR count). The van der Waals surface area contributed by atoms with Crippen LogP contribution in [0, 0.1) is 5.41 Å². The summed E-state index contributed by atoms with van der Waals surface area (Å²) in [5.74, 6) is 1.07. The van der Waals surface area contributed by atoms with Gasteiger partial charge in [0.2, 0.25) is 0 Å². The standard InChI is InChI=1S/C20H27N5/c1-2-21-19(24-13-10-20(16-24)8-4-9-20)22-15-17-6-3-7-18(14-17)25-12-5-11-23-25/h3,5-7,11-12,14H,2,4,8-10,13,15-16H2,1H3,(H,21,22). The number of rotatable bonds is 4. The molecule has 0 unspecified atom stereocenters. The number of aliphatic imine (C=N–C) groups is 1. The summed E-state index contributed by atoms with van der Waals surface area (Å²) >= 11 is 0. The van der Waals surface area contributed by atoms with Crippen molar-refractivity contribution < 1.29 is 0 Å². The number of hydrogen-bond donors (Lipinski definition) is 1. The van der Waals surface area contributed by atoms with Crippen molar-refractivity contribution in [3.05, 3.63) is 48.3 Å². The van der Waals surface area contributed by atoms with Crippen LogP contribution in [0.3, 0.4) is 0 Å². The molecular weight excluding hydrogens is 310 g/mol. The number of nitrogens with one attached hydrogen (secondary N) is 1.